The van der Waals surface area contributed by atoms with Gasteiger partial charge in [0.05, 0.1) is 7.11 Å². The molecule has 1 atom stereocenters. The van der Waals surface area contributed by atoms with Gasteiger partial charge in [-0.1, -0.05) is 12.1 Å². The molecule has 1 fully saturated rings. The number of carboxylic acid groups (broad SMARTS) is 1. The van der Waals surface area contributed by atoms with E-state index in [-0.39, 0.29) is 5.91 Å². The lowest BCUT2D eigenvalue weighted by Gasteiger charge is -2.37. The van der Waals surface area contributed by atoms with Crippen LogP contribution in [0.25, 0.3) is 0 Å². The van der Waals surface area contributed by atoms with Gasteiger partial charge in [-0.05, 0) is 42.0 Å². The molecule has 1 aliphatic heterocycles. The van der Waals surface area contributed by atoms with Gasteiger partial charge in [0, 0.05) is 31.7 Å². The Labute approximate surface area is 156 Å². The van der Waals surface area contributed by atoms with E-state index in [4.69, 9.17) is 4.74 Å². The minimum Gasteiger partial charge on any atom is -0.497 e. The number of aliphatic carboxylic acids is 1. The number of nitrogens with zero attached hydrogens (tertiary/aromatic N) is 2. The van der Waals surface area contributed by atoms with E-state index < -0.39 is 17.8 Å². The summed E-state index contributed by atoms with van der Waals surface area (Å²) in [4.78, 5) is 27.9. The maximum Gasteiger partial charge on any atom is 0.325 e. The molecule has 7 heteroatoms. The molecule has 0 saturated carbocycles. The van der Waals surface area contributed by atoms with Crippen LogP contribution in [0.1, 0.15) is 22.0 Å². The molecule has 1 unspecified atom stereocenters. The van der Waals surface area contributed by atoms with E-state index in [0.717, 1.165) is 0 Å². The summed E-state index contributed by atoms with van der Waals surface area (Å²) in [7, 11) is 1.57. The van der Waals surface area contributed by atoms with E-state index in [1.807, 2.05) is 0 Å². The molecule has 0 aliphatic carbocycles. The smallest absolute Gasteiger partial charge is 0.325 e. The van der Waals surface area contributed by atoms with Crippen LogP contribution in [0.4, 0.5) is 4.39 Å². The van der Waals surface area contributed by atoms with Gasteiger partial charge in [-0.15, -0.1) is 0 Å². The number of halogens is 1. The number of methoxy groups -OCH3 is 1. The summed E-state index contributed by atoms with van der Waals surface area (Å²) in [6.07, 6.45) is 0. The topological polar surface area (TPSA) is 70.1 Å². The highest BCUT2D eigenvalue weighted by molar-refractivity contribution is 5.94. The minimum absolute atomic E-state index is 0.0917. The summed E-state index contributed by atoms with van der Waals surface area (Å²) in [5.41, 5.74) is 1.09. The zero-order valence-corrected chi connectivity index (χ0v) is 15.0. The van der Waals surface area contributed by atoms with Crippen LogP contribution >= 0.6 is 0 Å². The molecule has 0 radical (unpaired) electrons. The first-order valence-corrected chi connectivity index (χ1v) is 8.65. The number of carboxylic acids is 1. The van der Waals surface area contributed by atoms with Gasteiger partial charge in [-0.2, -0.15) is 0 Å². The Kier molecular flexibility index (Phi) is 5.71. The normalized spacial score (nSPS) is 16.0. The van der Waals surface area contributed by atoms with Crippen molar-refractivity contribution in [1.29, 1.82) is 0 Å². The molecule has 1 amide bonds. The Bertz CT molecular complexity index is 800. The number of hydrogen-bond acceptors (Lipinski definition) is 4. The molecule has 2 aromatic rings. The molecule has 27 heavy (non-hydrogen) atoms. The zero-order chi connectivity index (χ0) is 19.4. The summed E-state index contributed by atoms with van der Waals surface area (Å²) in [5.74, 6) is -0.805. The van der Waals surface area contributed by atoms with Crippen LogP contribution < -0.4 is 4.74 Å². The fraction of sp³-hybridized carbons (Fsp3) is 0.300. The van der Waals surface area contributed by atoms with Crippen molar-refractivity contribution in [2.24, 2.45) is 0 Å². The average molecular weight is 372 g/mol. The number of ether oxygens (including phenoxy) is 1. The molecule has 1 N–H and O–H groups in total. The van der Waals surface area contributed by atoms with Gasteiger partial charge in [0.2, 0.25) is 0 Å². The molecule has 3 rings (SSSR count). The van der Waals surface area contributed by atoms with E-state index in [9.17, 15) is 19.1 Å². The highest BCUT2D eigenvalue weighted by atomic mass is 19.1. The highest BCUT2D eigenvalue weighted by Crippen LogP contribution is 2.24. The highest BCUT2D eigenvalue weighted by Gasteiger charge is 2.31. The van der Waals surface area contributed by atoms with E-state index in [0.29, 0.717) is 43.1 Å². The number of benzene rings is 2. The number of piperazine rings is 1. The maximum atomic E-state index is 13.1. The van der Waals surface area contributed by atoms with Crippen LogP contribution in [0.2, 0.25) is 0 Å². The van der Waals surface area contributed by atoms with Gasteiger partial charge in [-0.3, -0.25) is 14.5 Å². The Balaban J connectivity index is 1.66. The van der Waals surface area contributed by atoms with Crippen molar-refractivity contribution in [3.63, 3.8) is 0 Å². The second-order valence-corrected chi connectivity index (χ2v) is 6.35. The van der Waals surface area contributed by atoms with Gasteiger partial charge in [-0.25, -0.2) is 4.39 Å². The first-order valence-electron chi connectivity index (χ1n) is 8.65. The molecular formula is C20H21FN2O4. The zero-order valence-electron chi connectivity index (χ0n) is 15.0. The molecule has 0 bridgehead atoms. The molecule has 2 aromatic carbocycles. The average Bonchev–Trinajstić information content (AvgIpc) is 2.69. The Morgan fingerprint density at radius 2 is 1.59 bits per heavy atom. The van der Waals surface area contributed by atoms with Crippen molar-refractivity contribution >= 4 is 11.9 Å². The van der Waals surface area contributed by atoms with Crippen LogP contribution in [0.3, 0.4) is 0 Å². The molecule has 0 spiro atoms. The van der Waals surface area contributed by atoms with E-state index in [1.54, 1.807) is 41.2 Å². The Hall–Kier alpha value is -2.93. The quantitative estimate of drug-likeness (QED) is 0.873. The third kappa shape index (κ3) is 4.25. The van der Waals surface area contributed by atoms with Crippen LogP contribution in [-0.4, -0.2) is 60.1 Å². The second kappa shape index (κ2) is 8.18. The van der Waals surface area contributed by atoms with Crippen molar-refractivity contribution in [3.8, 4) is 5.75 Å². The maximum absolute atomic E-state index is 13.1. The second-order valence-electron chi connectivity index (χ2n) is 6.35. The summed E-state index contributed by atoms with van der Waals surface area (Å²) < 4.78 is 18.2. The van der Waals surface area contributed by atoms with E-state index in [2.05, 4.69) is 0 Å². The number of hydrogen-bond donors (Lipinski definition) is 1. The summed E-state index contributed by atoms with van der Waals surface area (Å²) >= 11 is 0. The van der Waals surface area contributed by atoms with Crippen LogP contribution in [0.5, 0.6) is 5.75 Å². The minimum atomic E-state index is -0.989. The number of carbonyl (C=O) groups is 2. The summed E-state index contributed by atoms with van der Waals surface area (Å²) in [6.45, 7) is 1.71. The lowest BCUT2D eigenvalue weighted by Crippen LogP contribution is -2.51. The Morgan fingerprint density at radius 1 is 1.00 bits per heavy atom. The van der Waals surface area contributed by atoms with Gasteiger partial charge in [0.15, 0.2) is 0 Å². The molecular weight excluding hydrogens is 351 g/mol. The van der Waals surface area contributed by atoms with Crippen LogP contribution in [0, 0.1) is 5.82 Å². The third-order valence-corrected chi connectivity index (χ3v) is 4.72. The lowest BCUT2D eigenvalue weighted by molar-refractivity contribution is -0.144. The van der Waals surface area contributed by atoms with Crippen molar-refractivity contribution in [2.45, 2.75) is 6.04 Å². The largest absolute Gasteiger partial charge is 0.497 e. The molecule has 1 aliphatic rings. The van der Waals surface area contributed by atoms with Gasteiger partial charge in [0.25, 0.3) is 5.91 Å². The molecule has 6 nitrogen and oxygen atoms in total. The molecule has 142 valence electrons. The van der Waals surface area contributed by atoms with E-state index >= 15 is 0 Å². The van der Waals surface area contributed by atoms with Gasteiger partial charge >= 0.3 is 5.97 Å². The Morgan fingerprint density at radius 3 is 2.11 bits per heavy atom. The number of rotatable bonds is 5. The SMILES string of the molecule is COc1ccc(C(=O)N2CCN(C(C(=O)O)c3ccc(F)cc3)CC2)cc1. The van der Waals surface area contributed by atoms with Crippen LogP contribution in [-0.2, 0) is 4.79 Å². The van der Waals surface area contributed by atoms with Crippen molar-refractivity contribution in [2.75, 3.05) is 33.3 Å². The fourth-order valence-electron chi connectivity index (χ4n) is 3.25. The molecule has 1 heterocycles. The van der Waals surface area contributed by atoms with Crippen LogP contribution in [0.15, 0.2) is 48.5 Å². The third-order valence-electron chi connectivity index (χ3n) is 4.72. The van der Waals surface area contributed by atoms with E-state index in [1.165, 1.54) is 24.3 Å². The number of carbonyl (C=O) groups excluding carboxylic acids is 1. The standard InChI is InChI=1S/C20H21FN2O4/c1-27-17-8-4-15(5-9-17)19(24)23-12-10-22(11-13-23)18(20(25)26)14-2-6-16(21)7-3-14/h2-9,18H,10-13H2,1H3,(H,25,26). The summed E-state index contributed by atoms with van der Waals surface area (Å²) in [6, 6.07) is 11.5. The lowest BCUT2D eigenvalue weighted by atomic mass is 10.0. The monoisotopic (exact) mass is 372 g/mol. The number of amides is 1. The molecule has 1 saturated heterocycles. The molecule has 0 aromatic heterocycles. The predicted molar refractivity (Wildman–Crippen MR) is 97.2 cm³/mol. The fourth-order valence-corrected chi connectivity index (χ4v) is 3.25. The van der Waals surface area contributed by atoms with Crippen molar-refractivity contribution < 1.29 is 23.8 Å². The summed E-state index contributed by atoms with van der Waals surface area (Å²) in [5, 5.41) is 9.62. The van der Waals surface area contributed by atoms with Gasteiger partial charge in [0.1, 0.15) is 17.6 Å². The van der Waals surface area contributed by atoms with Gasteiger partial charge < -0.3 is 14.7 Å². The first-order chi connectivity index (χ1) is 13.0. The predicted octanol–water partition coefficient (Wildman–Crippen LogP) is 2.42. The van der Waals surface area contributed by atoms with Crippen molar-refractivity contribution in [1.82, 2.24) is 9.80 Å². The first kappa shape index (κ1) is 18.8. The van der Waals surface area contributed by atoms with Crippen molar-refractivity contribution in [3.05, 3.63) is 65.5 Å².